The average Bonchev–Trinajstić information content (AvgIpc) is 1.97. The van der Waals surface area contributed by atoms with Crippen molar-refractivity contribution >= 4 is 9.84 Å². The summed E-state index contributed by atoms with van der Waals surface area (Å²) < 4.78 is 21.5. The van der Waals surface area contributed by atoms with E-state index in [0.29, 0.717) is 5.75 Å². The third-order valence-corrected chi connectivity index (χ3v) is 3.03. The lowest BCUT2D eigenvalue weighted by molar-refractivity contribution is 0.532. The highest BCUT2D eigenvalue weighted by Crippen LogP contribution is 2.05. The van der Waals surface area contributed by atoms with Crippen LogP contribution in [0.2, 0.25) is 0 Å². The van der Waals surface area contributed by atoms with E-state index in [9.17, 15) is 8.42 Å². The van der Waals surface area contributed by atoms with Crippen LogP contribution in [-0.2, 0) is 9.84 Å². The maximum absolute atomic E-state index is 10.8. The molecule has 0 aliphatic rings. The van der Waals surface area contributed by atoms with Gasteiger partial charge < -0.3 is 5.73 Å². The van der Waals surface area contributed by atoms with Gasteiger partial charge in [-0.05, 0) is 19.3 Å². The minimum absolute atomic E-state index is 0.254. The summed E-state index contributed by atoms with van der Waals surface area (Å²) in [5, 5.41) is 0. The molecule has 80 valence electrons. The highest BCUT2D eigenvalue weighted by molar-refractivity contribution is 7.90. The third-order valence-electron chi connectivity index (χ3n) is 2.00. The lowest BCUT2D eigenvalue weighted by Gasteiger charge is -2.08. The Morgan fingerprint density at radius 2 is 1.85 bits per heavy atom. The van der Waals surface area contributed by atoms with E-state index in [1.165, 1.54) is 6.26 Å². The molecule has 2 N–H and O–H groups in total. The molecule has 0 aliphatic heterocycles. The van der Waals surface area contributed by atoms with Crippen molar-refractivity contribution < 1.29 is 8.42 Å². The van der Waals surface area contributed by atoms with Gasteiger partial charge in [-0.1, -0.05) is 19.8 Å². The van der Waals surface area contributed by atoms with Crippen LogP contribution in [0.4, 0.5) is 0 Å². The van der Waals surface area contributed by atoms with Crippen LogP contribution in [0.1, 0.15) is 39.0 Å². The molecule has 0 spiro atoms. The number of nitrogens with two attached hydrogens (primary N) is 1. The fraction of sp³-hybridized carbons (Fsp3) is 1.00. The molecule has 0 aromatic carbocycles. The van der Waals surface area contributed by atoms with Crippen LogP contribution in [-0.4, -0.2) is 26.5 Å². The van der Waals surface area contributed by atoms with Crippen LogP contribution in [0, 0.1) is 0 Å². The van der Waals surface area contributed by atoms with Gasteiger partial charge in [0, 0.05) is 18.1 Å². The van der Waals surface area contributed by atoms with Gasteiger partial charge in [0.05, 0.1) is 0 Å². The molecule has 0 amide bonds. The number of unbranched alkanes of at least 4 members (excludes halogenated alkanes) is 1. The Balaban J connectivity index is 3.36. The maximum atomic E-state index is 10.8. The zero-order valence-electron chi connectivity index (χ0n) is 8.62. The predicted molar refractivity (Wildman–Crippen MR) is 56.4 cm³/mol. The normalized spacial score (nSPS) is 14.4. The number of hydrogen-bond acceptors (Lipinski definition) is 3. The van der Waals surface area contributed by atoms with Crippen molar-refractivity contribution in [1.82, 2.24) is 0 Å². The van der Waals surface area contributed by atoms with E-state index in [1.54, 1.807) is 0 Å². The first kappa shape index (κ1) is 12.9. The molecule has 0 aliphatic carbocycles. The summed E-state index contributed by atoms with van der Waals surface area (Å²) >= 11 is 0. The summed E-state index contributed by atoms with van der Waals surface area (Å²) in [6.07, 6.45) is 6.04. The fourth-order valence-electron chi connectivity index (χ4n) is 1.29. The summed E-state index contributed by atoms with van der Waals surface area (Å²) in [5.74, 6) is 0.297. The van der Waals surface area contributed by atoms with Crippen molar-refractivity contribution in [2.45, 2.75) is 45.1 Å². The highest BCUT2D eigenvalue weighted by Gasteiger charge is 2.04. The van der Waals surface area contributed by atoms with Crippen molar-refractivity contribution in [1.29, 1.82) is 0 Å². The molecule has 0 bridgehead atoms. The molecule has 0 aromatic heterocycles. The number of hydrogen-bond donors (Lipinski definition) is 1. The van der Waals surface area contributed by atoms with Gasteiger partial charge in [0.25, 0.3) is 0 Å². The molecule has 4 heteroatoms. The van der Waals surface area contributed by atoms with Crippen molar-refractivity contribution in [3.8, 4) is 0 Å². The van der Waals surface area contributed by atoms with Crippen LogP contribution in [0.15, 0.2) is 0 Å². The van der Waals surface area contributed by atoms with Crippen LogP contribution in [0.25, 0.3) is 0 Å². The Morgan fingerprint density at radius 1 is 1.23 bits per heavy atom. The van der Waals surface area contributed by atoms with E-state index in [-0.39, 0.29) is 6.04 Å². The van der Waals surface area contributed by atoms with E-state index in [4.69, 9.17) is 5.73 Å². The summed E-state index contributed by atoms with van der Waals surface area (Å²) in [5.41, 5.74) is 5.78. The molecule has 1 atom stereocenters. The molecule has 0 radical (unpaired) electrons. The molecule has 0 heterocycles. The molecular formula is C9H21NO2S. The monoisotopic (exact) mass is 207 g/mol. The zero-order chi connectivity index (χ0) is 10.3. The van der Waals surface area contributed by atoms with Gasteiger partial charge in [0.1, 0.15) is 9.84 Å². The lowest BCUT2D eigenvalue weighted by atomic mass is 10.1. The van der Waals surface area contributed by atoms with Gasteiger partial charge in [0.15, 0.2) is 0 Å². The topological polar surface area (TPSA) is 60.2 Å². The maximum Gasteiger partial charge on any atom is 0.147 e. The lowest BCUT2D eigenvalue weighted by Crippen LogP contribution is -2.19. The van der Waals surface area contributed by atoms with Gasteiger partial charge in [0.2, 0.25) is 0 Å². The zero-order valence-corrected chi connectivity index (χ0v) is 9.44. The fourth-order valence-corrected chi connectivity index (χ4v) is 2.01. The minimum atomic E-state index is -2.78. The second kappa shape index (κ2) is 6.38. The second-order valence-corrected chi connectivity index (χ2v) is 5.93. The van der Waals surface area contributed by atoms with Crippen LogP contribution >= 0.6 is 0 Å². The Labute approximate surface area is 81.6 Å². The smallest absolute Gasteiger partial charge is 0.147 e. The molecule has 13 heavy (non-hydrogen) atoms. The highest BCUT2D eigenvalue weighted by atomic mass is 32.2. The van der Waals surface area contributed by atoms with Gasteiger partial charge in [-0.3, -0.25) is 0 Å². The molecule has 0 saturated heterocycles. The summed E-state index contributed by atoms with van der Waals surface area (Å²) in [6, 6.07) is 0.254. The first-order valence-electron chi connectivity index (χ1n) is 4.89. The standard InChI is InChI=1S/C9H21NO2S/c1-3-6-9(10)7-4-5-8-13(2,11)12/h9H,3-8,10H2,1-2H3. The van der Waals surface area contributed by atoms with Crippen molar-refractivity contribution in [2.24, 2.45) is 5.73 Å². The first-order chi connectivity index (χ1) is 5.95. The molecular weight excluding hydrogens is 186 g/mol. The third kappa shape index (κ3) is 9.83. The van der Waals surface area contributed by atoms with Crippen molar-refractivity contribution in [2.75, 3.05) is 12.0 Å². The molecule has 0 aromatic rings. The summed E-state index contributed by atoms with van der Waals surface area (Å²) in [6.45, 7) is 2.11. The second-order valence-electron chi connectivity index (χ2n) is 3.67. The van der Waals surface area contributed by atoms with Crippen molar-refractivity contribution in [3.05, 3.63) is 0 Å². The van der Waals surface area contributed by atoms with E-state index < -0.39 is 9.84 Å². The van der Waals surface area contributed by atoms with Crippen LogP contribution in [0.3, 0.4) is 0 Å². The molecule has 0 rings (SSSR count). The minimum Gasteiger partial charge on any atom is -0.328 e. The SMILES string of the molecule is CCCC(N)CCCCS(C)(=O)=O. The summed E-state index contributed by atoms with van der Waals surface area (Å²) in [7, 11) is -2.78. The number of rotatable bonds is 7. The molecule has 1 unspecified atom stereocenters. The van der Waals surface area contributed by atoms with Gasteiger partial charge in [-0.25, -0.2) is 8.42 Å². The Kier molecular flexibility index (Phi) is 6.33. The predicted octanol–water partition coefficient (Wildman–Crippen LogP) is 1.33. The molecule has 3 nitrogen and oxygen atoms in total. The van der Waals surface area contributed by atoms with Gasteiger partial charge >= 0.3 is 0 Å². The van der Waals surface area contributed by atoms with E-state index >= 15 is 0 Å². The Hall–Kier alpha value is -0.0900. The van der Waals surface area contributed by atoms with Crippen LogP contribution in [0.5, 0.6) is 0 Å². The Bertz CT molecular complexity index is 212. The average molecular weight is 207 g/mol. The van der Waals surface area contributed by atoms with E-state index in [2.05, 4.69) is 6.92 Å². The Morgan fingerprint density at radius 3 is 2.31 bits per heavy atom. The van der Waals surface area contributed by atoms with Gasteiger partial charge in [-0.2, -0.15) is 0 Å². The quantitative estimate of drug-likeness (QED) is 0.641. The van der Waals surface area contributed by atoms with E-state index in [1.807, 2.05) is 0 Å². The first-order valence-corrected chi connectivity index (χ1v) is 6.95. The summed E-state index contributed by atoms with van der Waals surface area (Å²) in [4.78, 5) is 0. The molecule has 0 fully saturated rings. The number of sulfone groups is 1. The van der Waals surface area contributed by atoms with Crippen molar-refractivity contribution in [3.63, 3.8) is 0 Å². The van der Waals surface area contributed by atoms with Gasteiger partial charge in [-0.15, -0.1) is 0 Å². The van der Waals surface area contributed by atoms with Crippen LogP contribution < -0.4 is 5.73 Å². The molecule has 0 saturated carbocycles. The van der Waals surface area contributed by atoms with E-state index in [0.717, 1.165) is 32.1 Å². The largest absolute Gasteiger partial charge is 0.328 e.